The number of amides is 2. The fraction of sp³-hybridized carbons (Fsp3) is 0.480. The van der Waals surface area contributed by atoms with Crippen molar-refractivity contribution in [2.24, 2.45) is 0 Å². The van der Waals surface area contributed by atoms with Gasteiger partial charge in [0.2, 0.25) is 5.91 Å². The van der Waals surface area contributed by atoms with Crippen LogP contribution in [0.25, 0.3) is 10.9 Å². The minimum absolute atomic E-state index is 0.0167. The van der Waals surface area contributed by atoms with E-state index >= 15 is 0 Å². The van der Waals surface area contributed by atoms with Crippen molar-refractivity contribution in [3.63, 3.8) is 0 Å². The predicted octanol–water partition coefficient (Wildman–Crippen LogP) is 3.96. The average molecular weight is 435 g/mol. The topological polar surface area (TPSA) is 91.2 Å². The van der Waals surface area contributed by atoms with E-state index in [0.717, 1.165) is 41.8 Å². The Morgan fingerprint density at radius 3 is 2.88 bits per heavy atom. The lowest BCUT2D eigenvalue weighted by atomic mass is 9.95. The summed E-state index contributed by atoms with van der Waals surface area (Å²) in [6.07, 6.45) is 6.42. The van der Waals surface area contributed by atoms with Gasteiger partial charge in [-0.05, 0) is 76.1 Å². The van der Waals surface area contributed by atoms with Crippen molar-refractivity contribution >= 4 is 22.7 Å². The summed E-state index contributed by atoms with van der Waals surface area (Å²) < 4.78 is 5.24. The maximum Gasteiger partial charge on any atom is 0.251 e. The van der Waals surface area contributed by atoms with Crippen molar-refractivity contribution in [3.8, 4) is 0 Å². The van der Waals surface area contributed by atoms with Gasteiger partial charge in [-0.3, -0.25) is 9.59 Å². The number of hydrogen-bond donors (Lipinski definition) is 2. The van der Waals surface area contributed by atoms with Gasteiger partial charge in [-0.15, -0.1) is 0 Å². The first-order valence-corrected chi connectivity index (χ1v) is 11.6. The van der Waals surface area contributed by atoms with Crippen LogP contribution in [-0.4, -0.2) is 39.4 Å². The molecule has 0 saturated carbocycles. The fourth-order valence-electron chi connectivity index (χ4n) is 5.08. The van der Waals surface area contributed by atoms with Gasteiger partial charge in [-0.25, -0.2) is 0 Å². The summed E-state index contributed by atoms with van der Waals surface area (Å²) in [6, 6.07) is 5.92. The lowest BCUT2D eigenvalue weighted by Gasteiger charge is -2.21. The van der Waals surface area contributed by atoms with Crippen LogP contribution in [0.1, 0.15) is 70.7 Å². The van der Waals surface area contributed by atoms with Crippen LogP contribution in [0.5, 0.6) is 0 Å². The number of carbonyl (C=O) groups excluding carboxylic acids is 2. The van der Waals surface area contributed by atoms with E-state index in [1.54, 1.807) is 0 Å². The third kappa shape index (κ3) is 3.92. The van der Waals surface area contributed by atoms with Crippen molar-refractivity contribution in [2.45, 2.75) is 71.4 Å². The zero-order chi connectivity index (χ0) is 22.2. The normalized spacial score (nSPS) is 19.1. The molecule has 1 fully saturated rings. The van der Waals surface area contributed by atoms with Crippen molar-refractivity contribution in [1.82, 2.24) is 20.4 Å². The maximum absolute atomic E-state index is 13.0. The zero-order valence-electron chi connectivity index (χ0n) is 18.8. The van der Waals surface area contributed by atoms with Crippen LogP contribution in [0, 0.1) is 13.8 Å². The summed E-state index contributed by atoms with van der Waals surface area (Å²) in [4.78, 5) is 31.1. The number of benzene rings is 1. The molecule has 1 atom stereocenters. The van der Waals surface area contributed by atoms with E-state index in [1.807, 2.05) is 36.9 Å². The minimum atomic E-state index is -0.0609. The summed E-state index contributed by atoms with van der Waals surface area (Å²) in [7, 11) is 0. The average Bonchev–Trinajstić information content (AvgIpc) is 3.26. The Hall–Kier alpha value is -3.09. The summed E-state index contributed by atoms with van der Waals surface area (Å²) >= 11 is 0. The number of nitrogens with one attached hydrogen (secondary N) is 2. The molecule has 0 radical (unpaired) electrons. The van der Waals surface area contributed by atoms with E-state index in [4.69, 9.17) is 4.52 Å². The van der Waals surface area contributed by atoms with E-state index < -0.39 is 0 Å². The fourth-order valence-corrected chi connectivity index (χ4v) is 5.08. The summed E-state index contributed by atoms with van der Waals surface area (Å²) in [6.45, 7) is 4.89. The molecule has 2 aromatic heterocycles. The second-order valence-corrected chi connectivity index (χ2v) is 9.17. The van der Waals surface area contributed by atoms with Crippen molar-refractivity contribution in [1.29, 1.82) is 0 Å². The molecule has 7 heteroatoms. The highest BCUT2D eigenvalue weighted by molar-refractivity contribution is 5.99. The van der Waals surface area contributed by atoms with Crippen LogP contribution in [0.3, 0.4) is 0 Å². The van der Waals surface area contributed by atoms with Gasteiger partial charge in [0.1, 0.15) is 5.76 Å². The molecule has 32 heavy (non-hydrogen) atoms. The highest BCUT2D eigenvalue weighted by Gasteiger charge is 2.26. The second kappa shape index (κ2) is 8.45. The quantitative estimate of drug-likeness (QED) is 0.650. The molecule has 0 bridgehead atoms. The number of aryl methyl sites for hydroxylation is 4. The molecular formula is C25H30N4O3. The number of likely N-dealkylation sites (tertiary alicyclic amines) is 1. The lowest BCUT2D eigenvalue weighted by molar-refractivity contribution is -0.131. The predicted molar refractivity (Wildman–Crippen MR) is 121 cm³/mol. The third-order valence-corrected chi connectivity index (χ3v) is 7.03. The summed E-state index contributed by atoms with van der Waals surface area (Å²) in [5.41, 5.74) is 6.30. The maximum atomic E-state index is 13.0. The molecule has 2 amide bonds. The molecule has 168 valence electrons. The number of aromatic nitrogens is 2. The Morgan fingerprint density at radius 1 is 1.22 bits per heavy atom. The Morgan fingerprint density at radius 2 is 2.06 bits per heavy atom. The van der Waals surface area contributed by atoms with Crippen molar-refractivity contribution < 1.29 is 14.1 Å². The van der Waals surface area contributed by atoms with E-state index in [2.05, 4.69) is 15.5 Å². The molecule has 5 rings (SSSR count). The highest BCUT2D eigenvalue weighted by atomic mass is 16.5. The Kier molecular flexibility index (Phi) is 5.49. The first-order valence-electron chi connectivity index (χ1n) is 11.6. The minimum Gasteiger partial charge on any atom is -0.361 e. The Balaban J connectivity index is 1.26. The Labute approximate surface area is 187 Å². The van der Waals surface area contributed by atoms with Gasteiger partial charge in [0.25, 0.3) is 5.91 Å². The van der Waals surface area contributed by atoms with E-state index in [0.29, 0.717) is 31.5 Å². The molecule has 7 nitrogen and oxygen atoms in total. The molecule has 1 saturated heterocycles. The van der Waals surface area contributed by atoms with Gasteiger partial charge in [-0.1, -0.05) is 5.16 Å². The summed E-state index contributed by atoms with van der Waals surface area (Å²) in [5.74, 6) is 0.808. The van der Waals surface area contributed by atoms with Crippen LogP contribution < -0.4 is 5.32 Å². The van der Waals surface area contributed by atoms with E-state index in [-0.39, 0.29) is 17.9 Å². The smallest absolute Gasteiger partial charge is 0.251 e. The molecule has 2 aliphatic rings. The highest BCUT2D eigenvalue weighted by Crippen LogP contribution is 2.30. The standard InChI is InChI=1S/C25H30N4O3/c1-15-21(16(2)32-28-15)14-29-12-11-18(8-10-24(29)30)26-25(31)17-7-9-23-20(13-17)19-5-3-4-6-22(19)27-23/h7,9,13,18,27H,3-6,8,10-12,14H2,1-2H3,(H,26,31). The Bertz CT molecular complexity index is 1160. The molecule has 3 aromatic rings. The number of nitrogens with zero attached hydrogens (tertiary/aromatic N) is 2. The zero-order valence-corrected chi connectivity index (χ0v) is 18.8. The molecular weight excluding hydrogens is 404 g/mol. The first-order chi connectivity index (χ1) is 15.5. The van der Waals surface area contributed by atoms with Gasteiger partial charge in [0.15, 0.2) is 0 Å². The molecule has 1 unspecified atom stereocenters. The van der Waals surface area contributed by atoms with Crippen molar-refractivity contribution in [2.75, 3.05) is 6.54 Å². The third-order valence-electron chi connectivity index (χ3n) is 7.03. The molecule has 0 spiro atoms. The molecule has 2 N–H and O–H groups in total. The molecule has 1 aromatic carbocycles. The molecule has 1 aliphatic carbocycles. The van der Waals surface area contributed by atoms with Crippen LogP contribution in [0.2, 0.25) is 0 Å². The molecule has 3 heterocycles. The van der Waals surface area contributed by atoms with Gasteiger partial charge in [0.05, 0.1) is 12.2 Å². The summed E-state index contributed by atoms with van der Waals surface area (Å²) in [5, 5.41) is 8.34. The van der Waals surface area contributed by atoms with Crippen LogP contribution in [0.4, 0.5) is 0 Å². The van der Waals surface area contributed by atoms with Crippen LogP contribution in [0.15, 0.2) is 22.7 Å². The SMILES string of the molecule is Cc1noc(C)c1CN1CCC(NC(=O)c2ccc3[nH]c4c(c3c2)CCCC4)CCC1=O. The number of carbonyl (C=O) groups is 2. The lowest BCUT2D eigenvalue weighted by Crippen LogP contribution is -2.36. The van der Waals surface area contributed by atoms with E-state index in [9.17, 15) is 9.59 Å². The first kappa shape index (κ1) is 20.8. The molecule has 1 aliphatic heterocycles. The number of hydrogen-bond acceptors (Lipinski definition) is 4. The van der Waals surface area contributed by atoms with Crippen LogP contribution in [-0.2, 0) is 24.2 Å². The van der Waals surface area contributed by atoms with Gasteiger partial charge in [-0.2, -0.15) is 0 Å². The number of fused-ring (bicyclic) bond motifs is 3. The van der Waals surface area contributed by atoms with E-state index in [1.165, 1.54) is 29.5 Å². The van der Waals surface area contributed by atoms with Gasteiger partial charge < -0.3 is 19.7 Å². The van der Waals surface area contributed by atoms with Crippen molar-refractivity contribution in [3.05, 3.63) is 52.0 Å². The number of H-pyrrole nitrogens is 1. The number of aromatic amines is 1. The van der Waals surface area contributed by atoms with Gasteiger partial charge in [0, 0.05) is 46.7 Å². The number of rotatable bonds is 4. The van der Waals surface area contributed by atoms with Gasteiger partial charge >= 0.3 is 0 Å². The monoisotopic (exact) mass is 434 g/mol. The second-order valence-electron chi connectivity index (χ2n) is 9.17. The largest absolute Gasteiger partial charge is 0.361 e. The van der Waals surface area contributed by atoms with Crippen LogP contribution >= 0.6 is 0 Å².